The van der Waals surface area contributed by atoms with E-state index in [4.69, 9.17) is 4.74 Å². The molecule has 4 rings (SSSR count). The number of fused-ring (bicyclic) bond motifs is 3. The van der Waals surface area contributed by atoms with Crippen LogP contribution in [0.3, 0.4) is 0 Å². The van der Waals surface area contributed by atoms with E-state index in [1.54, 1.807) is 24.1 Å². The Morgan fingerprint density at radius 3 is 2.81 bits per heavy atom. The molecule has 0 unspecified atom stereocenters. The maximum Gasteiger partial charge on any atom is 0.328 e. The van der Waals surface area contributed by atoms with Crippen LogP contribution in [0.15, 0.2) is 42.9 Å². The molecule has 0 saturated carbocycles. The molecule has 7 nitrogen and oxygen atoms in total. The average Bonchev–Trinajstić information content (AvgIpc) is 3.10. The van der Waals surface area contributed by atoms with E-state index in [-0.39, 0.29) is 12.3 Å². The number of carbonyl (C=O) groups is 2. The number of aromatic amines is 1. The number of methoxy groups -OCH3 is 1. The zero-order valence-corrected chi connectivity index (χ0v) is 15.2. The molecule has 0 fully saturated rings. The van der Waals surface area contributed by atoms with Crippen LogP contribution in [0.2, 0.25) is 0 Å². The lowest BCUT2D eigenvalue weighted by Crippen LogP contribution is -2.51. The molecule has 1 aromatic carbocycles. The lowest BCUT2D eigenvalue weighted by atomic mass is 9.89. The molecule has 7 heteroatoms. The number of rotatable bonds is 3. The SMILES string of the molecule is CCC(=O)N1[C@@H](c2ccncn2)c2[nH]c3ccccc3c2C[C@@H]1C(=O)OC. The molecule has 1 N–H and O–H groups in total. The fourth-order valence-electron chi connectivity index (χ4n) is 3.87. The van der Waals surface area contributed by atoms with Gasteiger partial charge in [-0.2, -0.15) is 0 Å². The second-order valence-electron chi connectivity index (χ2n) is 6.50. The van der Waals surface area contributed by atoms with Gasteiger partial charge in [-0.1, -0.05) is 25.1 Å². The van der Waals surface area contributed by atoms with Crippen molar-refractivity contribution >= 4 is 22.8 Å². The van der Waals surface area contributed by atoms with Gasteiger partial charge in [0.05, 0.1) is 12.8 Å². The van der Waals surface area contributed by atoms with Gasteiger partial charge in [-0.3, -0.25) is 4.79 Å². The quantitative estimate of drug-likeness (QED) is 0.721. The Balaban J connectivity index is 1.98. The Morgan fingerprint density at radius 1 is 1.30 bits per heavy atom. The van der Waals surface area contributed by atoms with Crippen LogP contribution in [0.4, 0.5) is 0 Å². The third-order valence-corrected chi connectivity index (χ3v) is 5.08. The summed E-state index contributed by atoms with van der Waals surface area (Å²) < 4.78 is 5.03. The first-order valence-electron chi connectivity index (χ1n) is 8.90. The first-order valence-corrected chi connectivity index (χ1v) is 8.90. The number of benzene rings is 1. The standard InChI is InChI=1S/C20H20N4O3/c1-3-17(25)24-16(20(26)27-2)10-13-12-6-4-5-7-14(12)23-18(13)19(24)15-8-9-21-11-22-15/h4-9,11,16,19,23H,3,10H2,1-2H3/t16-,19+/m1/s1. The Hall–Kier alpha value is -3.22. The number of aromatic nitrogens is 3. The van der Waals surface area contributed by atoms with Gasteiger partial charge >= 0.3 is 5.97 Å². The van der Waals surface area contributed by atoms with Gasteiger partial charge in [0.2, 0.25) is 5.91 Å². The fourth-order valence-corrected chi connectivity index (χ4v) is 3.87. The Labute approximate surface area is 156 Å². The van der Waals surface area contributed by atoms with Gasteiger partial charge in [0.1, 0.15) is 18.4 Å². The largest absolute Gasteiger partial charge is 0.467 e. The smallest absolute Gasteiger partial charge is 0.328 e. The monoisotopic (exact) mass is 364 g/mol. The molecule has 1 aliphatic rings. The summed E-state index contributed by atoms with van der Waals surface area (Å²) in [4.78, 5) is 38.9. The van der Waals surface area contributed by atoms with E-state index in [9.17, 15) is 9.59 Å². The highest BCUT2D eigenvalue weighted by Gasteiger charge is 2.44. The van der Waals surface area contributed by atoms with Crippen LogP contribution >= 0.6 is 0 Å². The molecule has 0 aliphatic carbocycles. The molecule has 2 atom stereocenters. The Kier molecular flexibility index (Phi) is 4.35. The van der Waals surface area contributed by atoms with Crippen LogP contribution in [0.5, 0.6) is 0 Å². The summed E-state index contributed by atoms with van der Waals surface area (Å²) in [6.45, 7) is 1.79. The van der Waals surface area contributed by atoms with E-state index < -0.39 is 18.1 Å². The summed E-state index contributed by atoms with van der Waals surface area (Å²) in [6, 6.07) is 8.51. The van der Waals surface area contributed by atoms with E-state index in [1.165, 1.54) is 13.4 Å². The Bertz CT molecular complexity index is 999. The number of nitrogens with one attached hydrogen (secondary N) is 1. The fraction of sp³-hybridized carbons (Fsp3) is 0.300. The zero-order chi connectivity index (χ0) is 19.0. The van der Waals surface area contributed by atoms with Crippen molar-refractivity contribution in [2.75, 3.05) is 7.11 Å². The van der Waals surface area contributed by atoms with Crippen molar-refractivity contribution in [3.8, 4) is 0 Å². The molecule has 0 bridgehead atoms. The summed E-state index contributed by atoms with van der Waals surface area (Å²) in [5.41, 5.74) is 3.53. The molecule has 3 heterocycles. The van der Waals surface area contributed by atoms with Gasteiger partial charge in [0, 0.05) is 35.6 Å². The molecule has 0 spiro atoms. The van der Waals surface area contributed by atoms with Crippen molar-refractivity contribution in [3.63, 3.8) is 0 Å². The number of ether oxygens (including phenoxy) is 1. The number of amides is 1. The van der Waals surface area contributed by atoms with Gasteiger partial charge in [-0.05, 0) is 17.7 Å². The second-order valence-corrected chi connectivity index (χ2v) is 6.50. The molecular formula is C20H20N4O3. The molecule has 1 aliphatic heterocycles. The lowest BCUT2D eigenvalue weighted by Gasteiger charge is -2.40. The minimum absolute atomic E-state index is 0.127. The highest BCUT2D eigenvalue weighted by atomic mass is 16.5. The van der Waals surface area contributed by atoms with Gasteiger partial charge in [-0.15, -0.1) is 0 Å². The summed E-state index contributed by atoms with van der Waals surface area (Å²) in [6.07, 6.45) is 3.78. The van der Waals surface area contributed by atoms with Crippen molar-refractivity contribution in [2.24, 2.45) is 0 Å². The van der Waals surface area contributed by atoms with Crippen LogP contribution in [0.1, 0.15) is 36.3 Å². The van der Waals surface area contributed by atoms with Crippen LogP contribution in [-0.2, 0) is 20.7 Å². The number of hydrogen-bond acceptors (Lipinski definition) is 5. The first-order chi connectivity index (χ1) is 13.2. The van der Waals surface area contributed by atoms with Gasteiger partial charge in [-0.25, -0.2) is 14.8 Å². The van der Waals surface area contributed by atoms with Crippen molar-refractivity contribution in [1.29, 1.82) is 0 Å². The normalized spacial score (nSPS) is 19.0. The highest BCUT2D eigenvalue weighted by molar-refractivity contribution is 5.90. The van der Waals surface area contributed by atoms with E-state index in [1.807, 2.05) is 24.3 Å². The second kappa shape index (κ2) is 6.83. The lowest BCUT2D eigenvalue weighted by molar-refractivity contribution is -0.155. The molecule has 2 aromatic heterocycles. The van der Waals surface area contributed by atoms with Crippen molar-refractivity contribution < 1.29 is 14.3 Å². The van der Waals surface area contributed by atoms with Gasteiger partial charge in [0.15, 0.2) is 0 Å². The van der Waals surface area contributed by atoms with Crippen LogP contribution in [-0.4, -0.2) is 44.9 Å². The number of para-hydroxylation sites is 1. The zero-order valence-electron chi connectivity index (χ0n) is 15.2. The van der Waals surface area contributed by atoms with Crippen LogP contribution in [0.25, 0.3) is 10.9 Å². The van der Waals surface area contributed by atoms with Crippen molar-refractivity contribution in [2.45, 2.75) is 31.8 Å². The highest BCUT2D eigenvalue weighted by Crippen LogP contribution is 2.40. The topological polar surface area (TPSA) is 88.2 Å². The number of esters is 1. The third kappa shape index (κ3) is 2.75. The molecule has 138 valence electrons. The van der Waals surface area contributed by atoms with E-state index in [0.29, 0.717) is 12.1 Å². The van der Waals surface area contributed by atoms with Crippen LogP contribution < -0.4 is 0 Å². The van der Waals surface area contributed by atoms with E-state index in [0.717, 1.165) is 22.2 Å². The predicted octanol–water partition coefficient (Wildman–Crippen LogP) is 2.38. The van der Waals surface area contributed by atoms with Crippen molar-refractivity contribution in [1.82, 2.24) is 19.9 Å². The summed E-state index contributed by atoms with van der Waals surface area (Å²) in [7, 11) is 1.35. The summed E-state index contributed by atoms with van der Waals surface area (Å²) in [5.74, 6) is -0.551. The maximum atomic E-state index is 12.9. The molecular weight excluding hydrogens is 344 g/mol. The predicted molar refractivity (Wildman–Crippen MR) is 98.8 cm³/mol. The minimum Gasteiger partial charge on any atom is -0.467 e. The number of hydrogen-bond donors (Lipinski definition) is 1. The third-order valence-electron chi connectivity index (χ3n) is 5.08. The first kappa shape index (κ1) is 17.2. The van der Waals surface area contributed by atoms with Crippen LogP contribution in [0, 0.1) is 0 Å². The Morgan fingerprint density at radius 2 is 2.11 bits per heavy atom. The van der Waals surface area contributed by atoms with E-state index in [2.05, 4.69) is 15.0 Å². The number of H-pyrrole nitrogens is 1. The van der Waals surface area contributed by atoms with E-state index >= 15 is 0 Å². The molecule has 0 saturated heterocycles. The molecule has 27 heavy (non-hydrogen) atoms. The summed E-state index contributed by atoms with van der Waals surface area (Å²) in [5, 5.41) is 1.05. The minimum atomic E-state index is -0.700. The number of nitrogens with zero attached hydrogens (tertiary/aromatic N) is 3. The van der Waals surface area contributed by atoms with Gasteiger partial charge in [0.25, 0.3) is 0 Å². The van der Waals surface area contributed by atoms with Gasteiger partial charge < -0.3 is 14.6 Å². The maximum absolute atomic E-state index is 12.9. The molecule has 3 aromatic rings. The average molecular weight is 364 g/mol. The number of carbonyl (C=O) groups excluding carboxylic acids is 2. The molecule has 0 radical (unpaired) electrons. The molecule has 1 amide bonds. The van der Waals surface area contributed by atoms with Crippen molar-refractivity contribution in [3.05, 3.63) is 59.8 Å². The summed E-state index contributed by atoms with van der Waals surface area (Å²) >= 11 is 0.